The van der Waals surface area contributed by atoms with Crippen LogP contribution in [0.3, 0.4) is 0 Å². The molecule has 0 saturated heterocycles. The topological polar surface area (TPSA) is 58.2 Å². The van der Waals surface area contributed by atoms with Crippen molar-refractivity contribution in [1.82, 2.24) is 5.32 Å². The Balaban J connectivity index is 2.75. The smallest absolute Gasteiger partial charge is 0.238 e. The van der Waals surface area contributed by atoms with Crippen LogP contribution in [-0.2, 0) is 4.79 Å². The van der Waals surface area contributed by atoms with Crippen LogP contribution in [0.1, 0.15) is 10.4 Å². The number of benzene rings is 1. The molecular weight excluding hydrogens is 180 g/mol. The van der Waals surface area contributed by atoms with Gasteiger partial charge in [-0.15, -0.1) is 0 Å². The monoisotopic (exact) mass is 192 g/mol. The highest BCUT2D eigenvalue weighted by Crippen LogP contribution is 2.11. The number of carbonyl (C=O) groups is 2. The summed E-state index contributed by atoms with van der Waals surface area (Å²) in [6, 6.07) is 6.86. The van der Waals surface area contributed by atoms with Gasteiger partial charge in [0.2, 0.25) is 5.91 Å². The number of para-hydroxylation sites is 1. The molecule has 4 heteroatoms. The van der Waals surface area contributed by atoms with Crippen LogP contribution in [0.15, 0.2) is 24.3 Å². The number of hydrogen-bond acceptors (Lipinski definition) is 3. The lowest BCUT2D eigenvalue weighted by molar-refractivity contribution is -0.115. The van der Waals surface area contributed by atoms with Crippen molar-refractivity contribution in [3.8, 4) is 0 Å². The van der Waals surface area contributed by atoms with Crippen LogP contribution in [0.2, 0.25) is 0 Å². The standard InChI is InChI=1S/C10H12N2O2/c1-11-6-10(14)12-9-5-3-2-4-8(9)7-13/h2-5,7,11H,6H2,1H3,(H,12,14). The minimum atomic E-state index is -0.165. The predicted octanol–water partition coefficient (Wildman–Crippen LogP) is 0.657. The maximum Gasteiger partial charge on any atom is 0.238 e. The zero-order valence-electron chi connectivity index (χ0n) is 7.91. The molecule has 14 heavy (non-hydrogen) atoms. The summed E-state index contributed by atoms with van der Waals surface area (Å²) in [4.78, 5) is 21.8. The molecule has 0 radical (unpaired) electrons. The molecule has 1 amide bonds. The van der Waals surface area contributed by atoms with Crippen molar-refractivity contribution in [2.45, 2.75) is 0 Å². The largest absolute Gasteiger partial charge is 0.324 e. The summed E-state index contributed by atoms with van der Waals surface area (Å²) in [7, 11) is 1.69. The first-order valence-electron chi connectivity index (χ1n) is 4.26. The van der Waals surface area contributed by atoms with E-state index in [2.05, 4.69) is 10.6 Å². The molecule has 74 valence electrons. The van der Waals surface area contributed by atoms with Gasteiger partial charge in [0, 0.05) is 5.56 Å². The van der Waals surface area contributed by atoms with Crippen LogP contribution in [0.25, 0.3) is 0 Å². The fraction of sp³-hybridized carbons (Fsp3) is 0.200. The van der Waals surface area contributed by atoms with E-state index in [1.54, 1.807) is 31.3 Å². The van der Waals surface area contributed by atoms with E-state index in [0.29, 0.717) is 11.3 Å². The number of amides is 1. The number of likely N-dealkylation sites (N-methyl/N-ethyl adjacent to an activating group) is 1. The molecule has 0 aliphatic rings. The van der Waals surface area contributed by atoms with E-state index in [4.69, 9.17) is 0 Å². The van der Waals surface area contributed by atoms with E-state index in [9.17, 15) is 9.59 Å². The van der Waals surface area contributed by atoms with E-state index in [1.807, 2.05) is 0 Å². The molecule has 0 aromatic heterocycles. The Morgan fingerprint density at radius 3 is 2.79 bits per heavy atom. The van der Waals surface area contributed by atoms with Gasteiger partial charge in [-0.25, -0.2) is 0 Å². The summed E-state index contributed by atoms with van der Waals surface area (Å²) < 4.78 is 0. The maximum atomic E-state index is 11.2. The Labute approximate surface area is 82.3 Å². The van der Waals surface area contributed by atoms with E-state index < -0.39 is 0 Å². The third-order valence-corrected chi connectivity index (χ3v) is 1.70. The number of nitrogens with one attached hydrogen (secondary N) is 2. The molecule has 0 saturated carbocycles. The Morgan fingerprint density at radius 2 is 2.14 bits per heavy atom. The highest BCUT2D eigenvalue weighted by Gasteiger charge is 2.03. The number of anilines is 1. The molecule has 2 N–H and O–H groups in total. The number of rotatable bonds is 4. The highest BCUT2D eigenvalue weighted by atomic mass is 16.2. The van der Waals surface area contributed by atoms with Gasteiger partial charge in [-0.2, -0.15) is 0 Å². The second kappa shape index (κ2) is 5.14. The quantitative estimate of drug-likeness (QED) is 0.689. The minimum absolute atomic E-state index is 0.165. The Hall–Kier alpha value is -1.68. The third-order valence-electron chi connectivity index (χ3n) is 1.70. The molecule has 0 fully saturated rings. The fourth-order valence-corrected chi connectivity index (χ4v) is 1.07. The van der Waals surface area contributed by atoms with Gasteiger partial charge < -0.3 is 10.6 Å². The summed E-state index contributed by atoms with van der Waals surface area (Å²) in [5.74, 6) is -0.165. The Morgan fingerprint density at radius 1 is 1.43 bits per heavy atom. The van der Waals surface area contributed by atoms with Crippen molar-refractivity contribution in [3.63, 3.8) is 0 Å². The minimum Gasteiger partial charge on any atom is -0.324 e. The average molecular weight is 192 g/mol. The predicted molar refractivity (Wildman–Crippen MR) is 54.4 cm³/mol. The van der Waals surface area contributed by atoms with Crippen molar-refractivity contribution >= 4 is 17.9 Å². The van der Waals surface area contributed by atoms with Gasteiger partial charge in [0.15, 0.2) is 6.29 Å². The lowest BCUT2D eigenvalue weighted by atomic mass is 10.2. The summed E-state index contributed by atoms with van der Waals surface area (Å²) in [6.45, 7) is 0.229. The molecule has 1 rings (SSSR count). The summed E-state index contributed by atoms with van der Waals surface area (Å²) in [6.07, 6.45) is 0.717. The molecular formula is C10H12N2O2. The lowest BCUT2D eigenvalue weighted by Gasteiger charge is -2.06. The van der Waals surface area contributed by atoms with Crippen molar-refractivity contribution in [2.24, 2.45) is 0 Å². The van der Waals surface area contributed by atoms with Crippen LogP contribution >= 0.6 is 0 Å². The van der Waals surface area contributed by atoms with Gasteiger partial charge in [-0.3, -0.25) is 9.59 Å². The van der Waals surface area contributed by atoms with Crippen molar-refractivity contribution < 1.29 is 9.59 Å². The van der Waals surface area contributed by atoms with Gasteiger partial charge in [0.05, 0.1) is 12.2 Å². The molecule has 0 spiro atoms. The van der Waals surface area contributed by atoms with Gasteiger partial charge >= 0.3 is 0 Å². The van der Waals surface area contributed by atoms with Crippen LogP contribution in [0, 0.1) is 0 Å². The van der Waals surface area contributed by atoms with Crippen LogP contribution < -0.4 is 10.6 Å². The number of aldehydes is 1. The van der Waals surface area contributed by atoms with Crippen molar-refractivity contribution in [1.29, 1.82) is 0 Å². The molecule has 1 aromatic carbocycles. The van der Waals surface area contributed by atoms with Gasteiger partial charge in [0.1, 0.15) is 0 Å². The molecule has 4 nitrogen and oxygen atoms in total. The van der Waals surface area contributed by atoms with E-state index in [1.165, 1.54) is 0 Å². The number of hydrogen-bond donors (Lipinski definition) is 2. The first-order valence-corrected chi connectivity index (χ1v) is 4.26. The zero-order valence-corrected chi connectivity index (χ0v) is 7.91. The fourth-order valence-electron chi connectivity index (χ4n) is 1.07. The number of carbonyl (C=O) groups excluding carboxylic acids is 2. The molecule has 1 aromatic rings. The maximum absolute atomic E-state index is 11.2. The summed E-state index contributed by atoms with van der Waals surface area (Å²) >= 11 is 0. The van der Waals surface area contributed by atoms with Gasteiger partial charge in [-0.05, 0) is 19.2 Å². The Kier molecular flexibility index (Phi) is 3.82. The van der Waals surface area contributed by atoms with Gasteiger partial charge in [-0.1, -0.05) is 12.1 Å². The lowest BCUT2D eigenvalue weighted by Crippen LogP contribution is -2.25. The van der Waals surface area contributed by atoms with Crippen LogP contribution in [-0.4, -0.2) is 25.8 Å². The zero-order chi connectivity index (χ0) is 10.4. The summed E-state index contributed by atoms with van der Waals surface area (Å²) in [5.41, 5.74) is 1.03. The van der Waals surface area contributed by atoms with E-state index in [0.717, 1.165) is 6.29 Å². The first-order chi connectivity index (χ1) is 6.77. The van der Waals surface area contributed by atoms with E-state index >= 15 is 0 Å². The second-order valence-electron chi connectivity index (χ2n) is 2.78. The molecule has 0 unspecified atom stereocenters. The van der Waals surface area contributed by atoms with Gasteiger partial charge in [0.25, 0.3) is 0 Å². The normalized spacial score (nSPS) is 9.50. The van der Waals surface area contributed by atoms with Crippen LogP contribution in [0.4, 0.5) is 5.69 Å². The highest BCUT2D eigenvalue weighted by molar-refractivity contribution is 5.97. The molecule has 0 aliphatic carbocycles. The SMILES string of the molecule is CNCC(=O)Nc1ccccc1C=O. The molecule has 0 aliphatic heterocycles. The summed E-state index contributed by atoms with van der Waals surface area (Å²) in [5, 5.41) is 5.35. The molecule has 0 heterocycles. The second-order valence-corrected chi connectivity index (χ2v) is 2.78. The first kappa shape index (κ1) is 10.4. The van der Waals surface area contributed by atoms with E-state index in [-0.39, 0.29) is 12.5 Å². The molecule has 0 bridgehead atoms. The average Bonchev–Trinajstić information content (AvgIpc) is 2.19. The molecule has 0 atom stereocenters. The Bertz CT molecular complexity index is 337. The van der Waals surface area contributed by atoms with Crippen LogP contribution in [0.5, 0.6) is 0 Å². The van der Waals surface area contributed by atoms with Crippen molar-refractivity contribution in [2.75, 3.05) is 18.9 Å². The third kappa shape index (κ3) is 2.67. The van der Waals surface area contributed by atoms with Crippen molar-refractivity contribution in [3.05, 3.63) is 29.8 Å².